The van der Waals surface area contributed by atoms with Crippen LogP contribution in [0, 0.1) is 18.8 Å². The van der Waals surface area contributed by atoms with Crippen molar-refractivity contribution in [3.05, 3.63) is 64.7 Å². The standard InChI is InChI=1S/C17H15ClO3S/c1-14-5-11-17(12-6-14)22(19,20)21-13-3-2-4-15-7-9-16(18)10-8-15/h5-12H,3,13H2,1H3. The quantitative estimate of drug-likeness (QED) is 0.485. The molecule has 2 rings (SSSR count). The van der Waals surface area contributed by atoms with Crippen molar-refractivity contribution in [1.29, 1.82) is 0 Å². The average molecular weight is 335 g/mol. The monoisotopic (exact) mass is 334 g/mol. The molecule has 3 nitrogen and oxygen atoms in total. The molecule has 0 atom stereocenters. The van der Waals surface area contributed by atoms with Crippen LogP contribution in [0.15, 0.2) is 53.4 Å². The lowest BCUT2D eigenvalue weighted by Gasteiger charge is -2.04. The Bertz CT molecular complexity index is 783. The van der Waals surface area contributed by atoms with Crippen LogP contribution in [0.2, 0.25) is 5.02 Å². The first kappa shape index (κ1) is 16.6. The summed E-state index contributed by atoms with van der Waals surface area (Å²) in [7, 11) is -3.71. The van der Waals surface area contributed by atoms with Crippen molar-refractivity contribution in [1.82, 2.24) is 0 Å². The van der Waals surface area contributed by atoms with Gasteiger partial charge in [0.05, 0.1) is 11.5 Å². The van der Waals surface area contributed by atoms with Gasteiger partial charge in [0.15, 0.2) is 0 Å². The maximum absolute atomic E-state index is 11.9. The van der Waals surface area contributed by atoms with Gasteiger partial charge >= 0.3 is 0 Å². The van der Waals surface area contributed by atoms with Crippen LogP contribution in [0.3, 0.4) is 0 Å². The van der Waals surface area contributed by atoms with E-state index >= 15 is 0 Å². The maximum atomic E-state index is 11.9. The SMILES string of the molecule is Cc1ccc(S(=O)(=O)OCCC#Cc2ccc(Cl)cc2)cc1. The van der Waals surface area contributed by atoms with E-state index in [1.807, 2.05) is 6.92 Å². The van der Waals surface area contributed by atoms with Crippen LogP contribution >= 0.6 is 11.6 Å². The van der Waals surface area contributed by atoms with Gasteiger partial charge in [0.25, 0.3) is 10.1 Å². The van der Waals surface area contributed by atoms with Gasteiger partial charge in [-0.05, 0) is 43.3 Å². The van der Waals surface area contributed by atoms with Crippen molar-refractivity contribution in [3.8, 4) is 11.8 Å². The Balaban J connectivity index is 1.88. The Morgan fingerprint density at radius 1 is 1.05 bits per heavy atom. The van der Waals surface area contributed by atoms with Gasteiger partial charge in [0, 0.05) is 17.0 Å². The van der Waals surface area contributed by atoms with E-state index in [9.17, 15) is 8.42 Å². The van der Waals surface area contributed by atoms with Crippen LogP contribution < -0.4 is 0 Å². The normalized spacial score (nSPS) is 10.8. The number of rotatable bonds is 4. The summed E-state index contributed by atoms with van der Waals surface area (Å²) in [5.41, 5.74) is 1.82. The van der Waals surface area contributed by atoms with E-state index in [4.69, 9.17) is 15.8 Å². The Kier molecular flexibility index (Phi) is 5.62. The van der Waals surface area contributed by atoms with E-state index in [2.05, 4.69) is 11.8 Å². The molecule has 0 bridgehead atoms. The van der Waals surface area contributed by atoms with Crippen LogP contribution in [0.25, 0.3) is 0 Å². The minimum absolute atomic E-state index is 0.0246. The minimum atomic E-state index is -3.71. The molecule has 22 heavy (non-hydrogen) atoms. The van der Waals surface area contributed by atoms with E-state index in [0.717, 1.165) is 11.1 Å². The van der Waals surface area contributed by atoms with Gasteiger partial charge in [-0.2, -0.15) is 8.42 Å². The lowest BCUT2D eigenvalue weighted by atomic mass is 10.2. The Morgan fingerprint density at radius 2 is 1.68 bits per heavy atom. The first-order valence-electron chi connectivity index (χ1n) is 6.68. The van der Waals surface area contributed by atoms with Crippen LogP contribution in [0.1, 0.15) is 17.5 Å². The zero-order valence-electron chi connectivity index (χ0n) is 12.0. The fraction of sp³-hybridized carbons (Fsp3) is 0.176. The number of aryl methyl sites for hydroxylation is 1. The number of benzene rings is 2. The maximum Gasteiger partial charge on any atom is 0.297 e. The zero-order chi connectivity index (χ0) is 16.0. The third kappa shape index (κ3) is 4.88. The number of hydrogen-bond acceptors (Lipinski definition) is 3. The van der Waals surface area contributed by atoms with E-state index in [1.165, 1.54) is 12.1 Å². The summed E-state index contributed by atoms with van der Waals surface area (Å²) in [6.07, 6.45) is 0.327. The number of hydrogen-bond donors (Lipinski definition) is 0. The van der Waals surface area contributed by atoms with Crippen LogP contribution in [0.5, 0.6) is 0 Å². The predicted molar refractivity (Wildman–Crippen MR) is 87.3 cm³/mol. The summed E-state index contributed by atoms with van der Waals surface area (Å²) in [6.45, 7) is 1.92. The first-order valence-corrected chi connectivity index (χ1v) is 8.46. The van der Waals surface area contributed by atoms with Gasteiger partial charge in [-0.25, -0.2) is 0 Å². The predicted octanol–water partition coefficient (Wildman–Crippen LogP) is 3.80. The van der Waals surface area contributed by atoms with E-state index in [-0.39, 0.29) is 11.5 Å². The van der Waals surface area contributed by atoms with Gasteiger partial charge in [0.1, 0.15) is 0 Å². The molecule has 0 spiro atoms. The highest BCUT2D eigenvalue weighted by Crippen LogP contribution is 2.13. The molecule has 114 valence electrons. The summed E-state index contributed by atoms with van der Waals surface area (Å²) in [6, 6.07) is 13.6. The van der Waals surface area contributed by atoms with Crippen molar-refractivity contribution < 1.29 is 12.6 Å². The lowest BCUT2D eigenvalue weighted by molar-refractivity contribution is 0.326. The molecule has 0 N–H and O–H groups in total. The van der Waals surface area contributed by atoms with Crippen LogP contribution in [-0.2, 0) is 14.3 Å². The second-order valence-corrected chi connectivity index (χ2v) is 6.70. The molecule has 0 aromatic heterocycles. The molecule has 0 fully saturated rings. The fourth-order valence-corrected chi connectivity index (χ4v) is 2.71. The molecule has 0 aliphatic rings. The molecule has 0 saturated heterocycles. The molecule has 5 heteroatoms. The third-order valence-electron chi connectivity index (χ3n) is 2.85. The van der Waals surface area contributed by atoms with E-state index in [0.29, 0.717) is 11.4 Å². The molecule has 0 aliphatic carbocycles. The zero-order valence-corrected chi connectivity index (χ0v) is 13.6. The summed E-state index contributed by atoms with van der Waals surface area (Å²) in [4.78, 5) is 0.156. The largest absolute Gasteiger partial charge is 0.297 e. The second kappa shape index (κ2) is 7.46. The summed E-state index contributed by atoms with van der Waals surface area (Å²) in [5.74, 6) is 5.79. The highest BCUT2D eigenvalue weighted by atomic mass is 35.5. The molecular formula is C17H15ClO3S. The van der Waals surface area contributed by atoms with Gasteiger partial charge in [-0.3, -0.25) is 4.18 Å². The Labute approximate surface area is 136 Å². The van der Waals surface area contributed by atoms with Crippen molar-refractivity contribution in [2.75, 3.05) is 6.61 Å². The molecule has 0 unspecified atom stereocenters. The van der Waals surface area contributed by atoms with Crippen molar-refractivity contribution in [2.45, 2.75) is 18.2 Å². The molecule has 0 amide bonds. The van der Waals surface area contributed by atoms with Gasteiger partial charge in [0.2, 0.25) is 0 Å². The topological polar surface area (TPSA) is 43.4 Å². The molecule has 2 aromatic carbocycles. The molecule has 0 saturated carbocycles. The molecule has 0 heterocycles. The first-order chi connectivity index (χ1) is 10.5. The minimum Gasteiger partial charge on any atom is -0.265 e. The van der Waals surface area contributed by atoms with E-state index in [1.54, 1.807) is 36.4 Å². The van der Waals surface area contributed by atoms with Gasteiger partial charge in [-0.15, -0.1) is 0 Å². The second-order valence-electron chi connectivity index (χ2n) is 4.65. The molecular weight excluding hydrogens is 320 g/mol. The van der Waals surface area contributed by atoms with Gasteiger partial charge < -0.3 is 0 Å². The van der Waals surface area contributed by atoms with Gasteiger partial charge in [-0.1, -0.05) is 41.1 Å². The smallest absolute Gasteiger partial charge is 0.265 e. The highest BCUT2D eigenvalue weighted by molar-refractivity contribution is 7.86. The average Bonchev–Trinajstić information content (AvgIpc) is 2.49. The lowest BCUT2D eigenvalue weighted by Crippen LogP contribution is -2.07. The molecule has 0 radical (unpaired) electrons. The van der Waals surface area contributed by atoms with Crippen molar-refractivity contribution in [2.24, 2.45) is 0 Å². The Morgan fingerprint density at radius 3 is 2.32 bits per heavy atom. The van der Waals surface area contributed by atoms with Crippen LogP contribution in [0.4, 0.5) is 0 Å². The summed E-state index contributed by atoms with van der Waals surface area (Å²) in [5, 5.41) is 0.651. The highest BCUT2D eigenvalue weighted by Gasteiger charge is 2.13. The van der Waals surface area contributed by atoms with Crippen molar-refractivity contribution >= 4 is 21.7 Å². The summed E-state index contributed by atoms with van der Waals surface area (Å²) >= 11 is 5.78. The Hall–Kier alpha value is -1.80. The van der Waals surface area contributed by atoms with Crippen molar-refractivity contribution in [3.63, 3.8) is 0 Å². The molecule has 0 aliphatic heterocycles. The third-order valence-corrected chi connectivity index (χ3v) is 4.43. The molecule has 2 aromatic rings. The van der Waals surface area contributed by atoms with Crippen LogP contribution in [-0.4, -0.2) is 15.0 Å². The van der Waals surface area contributed by atoms with E-state index < -0.39 is 10.1 Å². The summed E-state index contributed by atoms with van der Waals surface area (Å²) < 4.78 is 28.8. The number of halogens is 1. The fourth-order valence-electron chi connectivity index (χ4n) is 1.67.